The zero-order valence-corrected chi connectivity index (χ0v) is 11.4. The van der Waals surface area contributed by atoms with Crippen LogP contribution in [0.25, 0.3) is 0 Å². The van der Waals surface area contributed by atoms with E-state index in [1.54, 1.807) is 17.8 Å². The van der Waals surface area contributed by atoms with Gasteiger partial charge in [0.1, 0.15) is 6.04 Å². The monoisotopic (exact) mass is 273 g/mol. The van der Waals surface area contributed by atoms with Gasteiger partial charge >= 0.3 is 5.97 Å². The molecule has 0 aliphatic carbocycles. The van der Waals surface area contributed by atoms with Crippen LogP contribution in [-0.4, -0.2) is 35.0 Å². The number of hydrogen-bond acceptors (Lipinski definition) is 4. The third-order valence-electron chi connectivity index (χ3n) is 2.18. The predicted octanol–water partition coefficient (Wildman–Crippen LogP) is 1.99. The van der Waals surface area contributed by atoms with E-state index in [-0.39, 0.29) is 5.91 Å². The number of carboxylic acid groups (broad SMARTS) is 1. The molecule has 0 aliphatic rings. The average Bonchev–Trinajstić information content (AvgIpc) is 2.70. The first-order valence-electron chi connectivity index (χ1n) is 5.13. The molecule has 0 radical (unpaired) electrons. The maximum atomic E-state index is 11.8. The molecule has 1 aromatic heterocycles. The molecule has 1 aromatic rings. The smallest absolute Gasteiger partial charge is 0.326 e. The molecule has 17 heavy (non-hydrogen) atoms. The second kappa shape index (κ2) is 6.66. The highest BCUT2D eigenvalue weighted by molar-refractivity contribution is 7.98. The van der Waals surface area contributed by atoms with Crippen LogP contribution in [0.3, 0.4) is 0 Å². The second-order valence-electron chi connectivity index (χ2n) is 3.56. The van der Waals surface area contributed by atoms with Crippen molar-refractivity contribution < 1.29 is 14.7 Å². The van der Waals surface area contributed by atoms with Gasteiger partial charge in [-0.25, -0.2) is 4.79 Å². The Morgan fingerprint density at radius 1 is 1.53 bits per heavy atom. The van der Waals surface area contributed by atoms with Crippen LogP contribution >= 0.6 is 23.1 Å². The number of aryl methyl sites for hydroxylation is 1. The Bertz CT molecular complexity index is 403. The first-order chi connectivity index (χ1) is 8.04. The molecule has 0 aliphatic heterocycles. The van der Waals surface area contributed by atoms with Crippen LogP contribution in [0.1, 0.15) is 21.0 Å². The predicted molar refractivity (Wildman–Crippen MR) is 70.9 cm³/mol. The zero-order valence-electron chi connectivity index (χ0n) is 9.73. The average molecular weight is 273 g/mol. The van der Waals surface area contributed by atoms with Crippen molar-refractivity contribution in [1.82, 2.24) is 5.32 Å². The van der Waals surface area contributed by atoms with Gasteiger partial charge < -0.3 is 10.4 Å². The van der Waals surface area contributed by atoms with Gasteiger partial charge in [-0.1, -0.05) is 0 Å². The summed E-state index contributed by atoms with van der Waals surface area (Å²) in [5.74, 6) is -0.585. The Kier molecular flexibility index (Phi) is 5.50. The first kappa shape index (κ1) is 14.1. The Morgan fingerprint density at radius 2 is 2.24 bits per heavy atom. The van der Waals surface area contributed by atoms with E-state index in [1.165, 1.54) is 11.3 Å². The lowest BCUT2D eigenvalue weighted by Gasteiger charge is -2.12. The number of carbonyl (C=O) groups is 2. The summed E-state index contributed by atoms with van der Waals surface area (Å²) >= 11 is 2.93. The molecule has 0 fully saturated rings. The summed E-state index contributed by atoms with van der Waals surface area (Å²) in [5, 5.41) is 11.5. The molecule has 0 saturated heterocycles. The van der Waals surface area contributed by atoms with E-state index < -0.39 is 12.0 Å². The van der Waals surface area contributed by atoms with Crippen molar-refractivity contribution in [2.75, 3.05) is 12.0 Å². The van der Waals surface area contributed by atoms with Crippen LogP contribution in [0.15, 0.2) is 12.1 Å². The summed E-state index contributed by atoms with van der Waals surface area (Å²) in [4.78, 5) is 24.3. The number of carboxylic acids is 1. The van der Waals surface area contributed by atoms with E-state index in [4.69, 9.17) is 5.11 Å². The van der Waals surface area contributed by atoms with Crippen LogP contribution in [0.5, 0.6) is 0 Å². The van der Waals surface area contributed by atoms with Gasteiger partial charge in [0.25, 0.3) is 5.91 Å². The summed E-state index contributed by atoms with van der Waals surface area (Å²) in [5.41, 5.74) is 0. The van der Waals surface area contributed by atoms with Crippen molar-refractivity contribution in [2.45, 2.75) is 19.4 Å². The molecule has 2 N–H and O–H groups in total. The van der Waals surface area contributed by atoms with Crippen molar-refractivity contribution in [3.63, 3.8) is 0 Å². The number of amides is 1. The van der Waals surface area contributed by atoms with E-state index in [1.807, 2.05) is 19.2 Å². The number of hydrogen-bond donors (Lipinski definition) is 2. The summed E-state index contributed by atoms with van der Waals surface area (Å²) in [6.45, 7) is 1.91. The molecule has 1 amide bonds. The van der Waals surface area contributed by atoms with E-state index in [9.17, 15) is 9.59 Å². The molecule has 1 unspecified atom stereocenters. The number of rotatable bonds is 6. The second-order valence-corrected chi connectivity index (χ2v) is 5.83. The number of thioether (sulfide) groups is 1. The summed E-state index contributed by atoms with van der Waals surface area (Å²) in [6.07, 6.45) is 2.34. The van der Waals surface area contributed by atoms with E-state index in [0.29, 0.717) is 17.1 Å². The van der Waals surface area contributed by atoms with Gasteiger partial charge in [0, 0.05) is 4.88 Å². The molecular formula is C11H15NO3S2. The van der Waals surface area contributed by atoms with Gasteiger partial charge in [-0.2, -0.15) is 11.8 Å². The molecule has 4 nitrogen and oxygen atoms in total. The van der Waals surface area contributed by atoms with E-state index >= 15 is 0 Å². The summed E-state index contributed by atoms with van der Waals surface area (Å²) in [7, 11) is 0. The topological polar surface area (TPSA) is 66.4 Å². The lowest BCUT2D eigenvalue weighted by Crippen LogP contribution is -2.40. The van der Waals surface area contributed by atoms with Crippen LogP contribution in [-0.2, 0) is 4.79 Å². The van der Waals surface area contributed by atoms with Gasteiger partial charge in [-0.05, 0) is 37.5 Å². The number of thiophene rings is 1. The molecule has 6 heteroatoms. The minimum absolute atomic E-state index is 0.309. The molecule has 1 atom stereocenters. The number of carbonyl (C=O) groups excluding carboxylic acids is 1. The molecule has 1 heterocycles. The third kappa shape index (κ3) is 4.40. The van der Waals surface area contributed by atoms with Crippen LogP contribution in [0.4, 0.5) is 0 Å². The van der Waals surface area contributed by atoms with Crippen molar-refractivity contribution in [1.29, 1.82) is 0 Å². The fraction of sp³-hybridized carbons (Fsp3) is 0.455. The molecular weight excluding hydrogens is 258 g/mol. The van der Waals surface area contributed by atoms with E-state index in [2.05, 4.69) is 5.32 Å². The van der Waals surface area contributed by atoms with Gasteiger partial charge in [0.05, 0.1) is 4.88 Å². The Labute approximate surface area is 108 Å². The van der Waals surface area contributed by atoms with E-state index in [0.717, 1.165) is 4.88 Å². The highest BCUT2D eigenvalue weighted by Gasteiger charge is 2.20. The number of aliphatic carboxylic acids is 1. The quantitative estimate of drug-likeness (QED) is 0.832. The Hall–Kier alpha value is -1.01. The van der Waals surface area contributed by atoms with Crippen LogP contribution < -0.4 is 5.32 Å². The lowest BCUT2D eigenvalue weighted by atomic mass is 10.2. The van der Waals surface area contributed by atoms with Crippen LogP contribution in [0.2, 0.25) is 0 Å². The minimum Gasteiger partial charge on any atom is -0.480 e. The van der Waals surface area contributed by atoms with Gasteiger partial charge in [0.2, 0.25) is 0 Å². The Balaban J connectivity index is 2.60. The zero-order chi connectivity index (χ0) is 12.8. The molecule has 1 rings (SSSR count). The maximum absolute atomic E-state index is 11.8. The molecule has 0 aromatic carbocycles. The first-order valence-corrected chi connectivity index (χ1v) is 7.34. The Morgan fingerprint density at radius 3 is 2.71 bits per heavy atom. The largest absolute Gasteiger partial charge is 0.480 e. The van der Waals surface area contributed by atoms with Crippen molar-refractivity contribution in [3.8, 4) is 0 Å². The van der Waals surface area contributed by atoms with Crippen molar-refractivity contribution in [2.24, 2.45) is 0 Å². The van der Waals surface area contributed by atoms with Gasteiger partial charge in [0.15, 0.2) is 0 Å². The maximum Gasteiger partial charge on any atom is 0.326 e. The highest BCUT2D eigenvalue weighted by atomic mass is 32.2. The normalized spacial score (nSPS) is 12.1. The molecule has 0 bridgehead atoms. The lowest BCUT2D eigenvalue weighted by molar-refractivity contribution is -0.139. The van der Waals surface area contributed by atoms with Crippen molar-refractivity contribution in [3.05, 3.63) is 21.9 Å². The standard InChI is InChI=1S/C11H15NO3S2/c1-7-3-4-9(17-7)10(13)12-8(11(14)15)5-6-16-2/h3-4,8H,5-6H2,1-2H3,(H,12,13)(H,14,15). The fourth-order valence-electron chi connectivity index (χ4n) is 1.28. The number of nitrogens with one attached hydrogen (secondary N) is 1. The summed E-state index contributed by atoms with van der Waals surface area (Å²) in [6, 6.07) is 2.75. The van der Waals surface area contributed by atoms with Gasteiger partial charge in [-0.3, -0.25) is 4.79 Å². The molecule has 94 valence electrons. The van der Waals surface area contributed by atoms with Crippen molar-refractivity contribution >= 4 is 35.0 Å². The fourth-order valence-corrected chi connectivity index (χ4v) is 2.52. The molecule has 0 saturated carbocycles. The minimum atomic E-state index is -0.985. The molecule has 0 spiro atoms. The summed E-state index contributed by atoms with van der Waals surface area (Å²) < 4.78 is 0. The van der Waals surface area contributed by atoms with Crippen LogP contribution in [0, 0.1) is 6.92 Å². The third-order valence-corrected chi connectivity index (χ3v) is 3.82. The SMILES string of the molecule is CSCCC(NC(=O)c1ccc(C)s1)C(=O)O. The van der Waals surface area contributed by atoms with Gasteiger partial charge in [-0.15, -0.1) is 11.3 Å². The highest BCUT2D eigenvalue weighted by Crippen LogP contribution is 2.15.